The maximum Gasteiger partial charge on any atom is 0.408 e. The van der Waals surface area contributed by atoms with Gasteiger partial charge in [-0.2, -0.15) is 0 Å². The Balaban J connectivity index is 2.95. The molecule has 2 unspecified atom stereocenters. The van der Waals surface area contributed by atoms with E-state index >= 15 is 0 Å². The first kappa shape index (κ1) is 21.9. The van der Waals surface area contributed by atoms with Crippen molar-refractivity contribution in [1.29, 1.82) is 0 Å². The molecule has 0 aliphatic heterocycles. The number of non-ortho nitro benzene ring substituents is 1. The molecular formula is C17H24N4O6. The molecule has 0 radical (unpaired) electrons. The van der Waals surface area contributed by atoms with E-state index in [9.17, 15) is 24.5 Å². The SMILES string of the molecule is CC(NC(=O)C(Cc1ccc([N+](=O)[O-])cc1)NC(=O)OC(C)(C)C)C(N)=O. The first-order valence-electron chi connectivity index (χ1n) is 8.21. The van der Waals surface area contributed by atoms with Gasteiger partial charge in [0.15, 0.2) is 0 Å². The molecule has 1 aromatic rings. The number of carbonyl (C=O) groups excluding carboxylic acids is 3. The number of nitrogens with two attached hydrogens (primary N) is 1. The number of nitro benzene ring substituents is 1. The molecule has 0 saturated heterocycles. The van der Waals surface area contributed by atoms with Crippen molar-refractivity contribution in [2.75, 3.05) is 0 Å². The molecule has 0 aliphatic rings. The summed E-state index contributed by atoms with van der Waals surface area (Å²) in [6, 6.07) is 3.55. The zero-order valence-corrected chi connectivity index (χ0v) is 15.6. The van der Waals surface area contributed by atoms with Gasteiger partial charge in [0, 0.05) is 18.6 Å². The highest BCUT2D eigenvalue weighted by Gasteiger charge is 2.26. The summed E-state index contributed by atoms with van der Waals surface area (Å²) < 4.78 is 5.15. The van der Waals surface area contributed by atoms with Crippen LogP contribution < -0.4 is 16.4 Å². The highest BCUT2D eigenvalue weighted by molar-refractivity contribution is 5.90. The summed E-state index contributed by atoms with van der Waals surface area (Å²) in [6.45, 7) is 6.43. The van der Waals surface area contributed by atoms with Gasteiger partial charge >= 0.3 is 6.09 Å². The normalized spacial score (nSPS) is 13.2. The Morgan fingerprint density at radius 3 is 2.19 bits per heavy atom. The molecule has 0 saturated carbocycles. The van der Waals surface area contributed by atoms with Crippen molar-refractivity contribution >= 4 is 23.6 Å². The summed E-state index contributed by atoms with van der Waals surface area (Å²) in [4.78, 5) is 45.8. The monoisotopic (exact) mass is 380 g/mol. The first-order chi connectivity index (χ1) is 12.4. The van der Waals surface area contributed by atoms with Gasteiger partial charge in [0.1, 0.15) is 17.7 Å². The number of ether oxygens (including phenoxy) is 1. The lowest BCUT2D eigenvalue weighted by atomic mass is 10.0. The van der Waals surface area contributed by atoms with Crippen molar-refractivity contribution in [3.63, 3.8) is 0 Å². The van der Waals surface area contributed by atoms with Gasteiger partial charge in [0.05, 0.1) is 4.92 Å². The zero-order valence-electron chi connectivity index (χ0n) is 15.6. The largest absolute Gasteiger partial charge is 0.444 e. The molecule has 10 heteroatoms. The van der Waals surface area contributed by atoms with Crippen LogP contribution in [0.4, 0.5) is 10.5 Å². The summed E-state index contributed by atoms with van der Waals surface area (Å²) in [5.74, 6) is -1.36. The van der Waals surface area contributed by atoms with Crippen LogP contribution >= 0.6 is 0 Å². The third-order valence-corrected chi connectivity index (χ3v) is 3.38. The Kier molecular flexibility index (Phi) is 7.26. The molecule has 3 amide bonds. The number of hydrogen-bond acceptors (Lipinski definition) is 6. The summed E-state index contributed by atoms with van der Waals surface area (Å²) in [5.41, 5.74) is 4.85. The molecule has 1 aromatic carbocycles. The van der Waals surface area contributed by atoms with Crippen LogP contribution in [-0.4, -0.2) is 40.5 Å². The van der Waals surface area contributed by atoms with Gasteiger partial charge < -0.3 is 21.1 Å². The highest BCUT2D eigenvalue weighted by Crippen LogP contribution is 2.14. The Morgan fingerprint density at radius 2 is 1.74 bits per heavy atom. The quantitative estimate of drug-likeness (QED) is 0.474. The molecule has 0 aromatic heterocycles. The fourth-order valence-corrected chi connectivity index (χ4v) is 2.03. The van der Waals surface area contributed by atoms with E-state index in [0.29, 0.717) is 5.56 Å². The molecule has 148 valence electrons. The molecule has 0 aliphatic carbocycles. The molecule has 4 N–H and O–H groups in total. The predicted molar refractivity (Wildman–Crippen MR) is 96.8 cm³/mol. The number of nitrogens with one attached hydrogen (secondary N) is 2. The molecule has 10 nitrogen and oxygen atoms in total. The van der Waals surface area contributed by atoms with Crippen molar-refractivity contribution in [2.24, 2.45) is 5.73 Å². The maximum absolute atomic E-state index is 12.4. The van der Waals surface area contributed by atoms with Crippen molar-refractivity contribution in [3.8, 4) is 0 Å². The number of nitrogens with zero attached hydrogens (tertiary/aromatic N) is 1. The van der Waals surface area contributed by atoms with Crippen LogP contribution in [-0.2, 0) is 20.7 Å². The Morgan fingerprint density at radius 1 is 1.19 bits per heavy atom. The molecule has 0 fully saturated rings. The van der Waals surface area contributed by atoms with Crippen LogP contribution in [0.2, 0.25) is 0 Å². The minimum Gasteiger partial charge on any atom is -0.444 e. The molecule has 0 bridgehead atoms. The lowest BCUT2D eigenvalue weighted by Crippen LogP contribution is -2.53. The smallest absolute Gasteiger partial charge is 0.408 e. The number of alkyl carbamates (subject to hydrolysis) is 1. The van der Waals surface area contributed by atoms with E-state index < -0.39 is 40.5 Å². The van der Waals surface area contributed by atoms with Gasteiger partial charge in [0.2, 0.25) is 11.8 Å². The lowest BCUT2D eigenvalue weighted by Gasteiger charge is -2.24. The third kappa shape index (κ3) is 7.72. The molecule has 2 atom stereocenters. The van der Waals surface area contributed by atoms with Crippen LogP contribution in [0.25, 0.3) is 0 Å². The molecule has 27 heavy (non-hydrogen) atoms. The maximum atomic E-state index is 12.4. The van der Waals surface area contributed by atoms with Crippen LogP contribution in [0.1, 0.15) is 33.3 Å². The Labute approximate surface area is 156 Å². The molecule has 1 rings (SSSR count). The average molecular weight is 380 g/mol. The fourth-order valence-electron chi connectivity index (χ4n) is 2.03. The zero-order chi connectivity index (χ0) is 20.8. The second-order valence-corrected chi connectivity index (χ2v) is 6.96. The molecule has 0 spiro atoms. The van der Waals surface area contributed by atoms with E-state index in [4.69, 9.17) is 10.5 Å². The van der Waals surface area contributed by atoms with E-state index in [-0.39, 0.29) is 12.1 Å². The number of primary amides is 1. The number of carbonyl (C=O) groups is 3. The Hall–Kier alpha value is -3.17. The standard InChI is InChI=1S/C17H24N4O6/c1-10(14(18)22)19-15(23)13(20-16(24)27-17(2,3)4)9-11-5-7-12(8-6-11)21(25)26/h5-8,10,13H,9H2,1-4H3,(H2,18,22)(H,19,23)(H,20,24). The lowest BCUT2D eigenvalue weighted by molar-refractivity contribution is -0.384. The number of benzene rings is 1. The summed E-state index contributed by atoms with van der Waals surface area (Å²) in [6.07, 6.45) is -0.773. The van der Waals surface area contributed by atoms with Gasteiger partial charge in [-0.3, -0.25) is 19.7 Å². The van der Waals surface area contributed by atoms with E-state index in [1.54, 1.807) is 20.8 Å². The van der Waals surface area contributed by atoms with Gasteiger partial charge in [0.25, 0.3) is 5.69 Å². The number of nitro groups is 1. The summed E-state index contributed by atoms with van der Waals surface area (Å²) in [5, 5.41) is 15.6. The second kappa shape index (κ2) is 8.97. The van der Waals surface area contributed by atoms with Crippen molar-refractivity contribution in [2.45, 2.75) is 51.8 Å². The number of hydrogen-bond donors (Lipinski definition) is 3. The second-order valence-electron chi connectivity index (χ2n) is 6.96. The average Bonchev–Trinajstić information content (AvgIpc) is 2.52. The topological polar surface area (TPSA) is 154 Å². The Bertz CT molecular complexity index is 711. The molecular weight excluding hydrogens is 356 g/mol. The van der Waals surface area contributed by atoms with Crippen LogP contribution in [0, 0.1) is 10.1 Å². The molecule has 0 heterocycles. The van der Waals surface area contributed by atoms with Gasteiger partial charge in [-0.05, 0) is 33.3 Å². The van der Waals surface area contributed by atoms with Crippen molar-refractivity contribution in [1.82, 2.24) is 10.6 Å². The predicted octanol–water partition coefficient (Wildman–Crippen LogP) is 1.02. The van der Waals surface area contributed by atoms with Crippen molar-refractivity contribution in [3.05, 3.63) is 39.9 Å². The van der Waals surface area contributed by atoms with Gasteiger partial charge in [-0.15, -0.1) is 0 Å². The number of rotatable bonds is 7. The van der Waals surface area contributed by atoms with Gasteiger partial charge in [-0.25, -0.2) is 4.79 Å². The van der Waals surface area contributed by atoms with Gasteiger partial charge in [-0.1, -0.05) is 12.1 Å². The minimum absolute atomic E-state index is 0.0363. The number of amides is 3. The fraction of sp³-hybridized carbons (Fsp3) is 0.471. The summed E-state index contributed by atoms with van der Waals surface area (Å²) in [7, 11) is 0. The minimum atomic E-state index is -1.07. The van der Waals surface area contributed by atoms with Crippen LogP contribution in [0.3, 0.4) is 0 Å². The van der Waals surface area contributed by atoms with E-state index in [0.717, 1.165) is 0 Å². The van der Waals surface area contributed by atoms with E-state index in [2.05, 4.69) is 10.6 Å². The van der Waals surface area contributed by atoms with E-state index in [1.807, 2.05) is 0 Å². The van der Waals surface area contributed by atoms with Crippen LogP contribution in [0.5, 0.6) is 0 Å². The third-order valence-electron chi connectivity index (χ3n) is 3.38. The van der Waals surface area contributed by atoms with Crippen LogP contribution in [0.15, 0.2) is 24.3 Å². The van der Waals surface area contributed by atoms with Crippen molar-refractivity contribution < 1.29 is 24.0 Å². The summed E-state index contributed by atoms with van der Waals surface area (Å²) >= 11 is 0. The highest BCUT2D eigenvalue weighted by atomic mass is 16.6. The van der Waals surface area contributed by atoms with E-state index in [1.165, 1.54) is 31.2 Å². The first-order valence-corrected chi connectivity index (χ1v) is 8.21.